The SMILES string of the molecule is CCCCCN(C)CC(O)c1cc2ccccc2o1. The van der Waals surface area contributed by atoms with Crippen molar-refractivity contribution < 1.29 is 9.52 Å². The lowest BCUT2D eigenvalue weighted by molar-refractivity contribution is 0.107. The van der Waals surface area contributed by atoms with Crippen molar-refractivity contribution in [1.82, 2.24) is 4.90 Å². The first-order chi connectivity index (χ1) is 9.20. The van der Waals surface area contributed by atoms with E-state index in [9.17, 15) is 5.11 Å². The first-order valence-corrected chi connectivity index (χ1v) is 7.05. The molecule has 3 nitrogen and oxygen atoms in total. The van der Waals surface area contributed by atoms with Crippen LogP contribution in [-0.2, 0) is 0 Å². The molecule has 0 aliphatic heterocycles. The van der Waals surface area contributed by atoms with Gasteiger partial charge >= 0.3 is 0 Å². The van der Waals surface area contributed by atoms with Gasteiger partial charge in [-0.15, -0.1) is 0 Å². The van der Waals surface area contributed by atoms with Gasteiger partial charge in [0.1, 0.15) is 17.4 Å². The summed E-state index contributed by atoms with van der Waals surface area (Å²) in [5.74, 6) is 0.656. The maximum atomic E-state index is 10.2. The molecule has 0 saturated heterocycles. The highest BCUT2D eigenvalue weighted by molar-refractivity contribution is 5.77. The van der Waals surface area contributed by atoms with E-state index in [4.69, 9.17) is 4.42 Å². The monoisotopic (exact) mass is 261 g/mol. The van der Waals surface area contributed by atoms with E-state index in [2.05, 4.69) is 11.8 Å². The van der Waals surface area contributed by atoms with Crippen molar-refractivity contribution in [1.29, 1.82) is 0 Å². The van der Waals surface area contributed by atoms with Crippen LogP contribution in [0, 0.1) is 0 Å². The van der Waals surface area contributed by atoms with Crippen molar-refractivity contribution in [3.63, 3.8) is 0 Å². The number of para-hydroxylation sites is 1. The first kappa shape index (κ1) is 14.1. The van der Waals surface area contributed by atoms with E-state index in [0.29, 0.717) is 12.3 Å². The fourth-order valence-electron chi connectivity index (χ4n) is 2.27. The van der Waals surface area contributed by atoms with E-state index in [1.807, 2.05) is 37.4 Å². The van der Waals surface area contributed by atoms with Crippen LogP contribution in [0.3, 0.4) is 0 Å². The second kappa shape index (κ2) is 6.73. The molecule has 0 bridgehead atoms. The Morgan fingerprint density at radius 1 is 1.26 bits per heavy atom. The van der Waals surface area contributed by atoms with Gasteiger partial charge in [-0.1, -0.05) is 38.0 Å². The topological polar surface area (TPSA) is 36.6 Å². The third kappa shape index (κ3) is 3.82. The van der Waals surface area contributed by atoms with Gasteiger partial charge in [0.05, 0.1) is 0 Å². The van der Waals surface area contributed by atoms with Gasteiger partial charge in [0.25, 0.3) is 0 Å². The fraction of sp³-hybridized carbons (Fsp3) is 0.500. The zero-order valence-electron chi connectivity index (χ0n) is 11.8. The molecular formula is C16H23NO2. The van der Waals surface area contributed by atoms with Gasteiger partial charge in [0.2, 0.25) is 0 Å². The van der Waals surface area contributed by atoms with Crippen LogP contribution in [0.4, 0.5) is 0 Å². The Labute approximate surface area is 114 Å². The number of hydrogen-bond donors (Lipinski definition) is 1. The van der Waals surface area contributed by atoms with Gasteiger partial charge in [-0.2, -0.15) is 0 Å². The Bertz CT molecular complexity index is 473. The van der Waals surface area contributed by atoms with Crippen molar-refractivity contribution in [2.24, 2.45) is 0 Å². The van der Waals surface area contributed by atoms with E-state index >= 15 is 0 Å². The van der Waals surface area contributed by atoms with E-state index in [1.54, 1.807) is 0 Å². The van der Waals surface area contributed by atoms with Gasteiger partial charge < -0.3 is 14.4 Å². The molecular weight excluding hydrogens is 238 g/mol. The molecule has 0 aliphatic carbocycles. The molecule has 0 spiro atoms. The molecule has 1 heterocycles. The number of hydrogen-bond acceptors (Lipinski definition) is 3. The maximum Gasteiger partial charge on any atom is 0.135 e. The zero-order chi connectivity index (χ0) is 13.7. The Balaban J connectivity index is 1.93. The number of fused-ring (bicyclic) bond motifs is 1. The van der Waals surface area contributed by atoms with Crippen LogP contribution in [0.5, 0.6) is 0 Å². The van der Waals surface area contributed by atoms with Crippen LogP contribution in [0.15, 0.2) is 34.7 Å². The molecule has 1 unspecified atom stereocenters. The van der Waals surface area contributed by atoms with Crippen molar-refractivity contribution in [3.05, 3.63) is 36.1 Å². The standard InChI is InChI=1S/C16H23NO2/c1-3-4-7-10-17(2)12-14(18)16-11-13-8-5-6-9-15(13)19-16/h5-6,8-9,11,14,18H,3-4,7,10,12H2,1-2H3. The molecule has 0 saturated carbocycles. The van der Waals surface area contributed by atoms with Crippen molar-refractivity contribution in [3.8, 4) is 0 Å². The van der Waals surface area contributed by atoms with Crippen molar-refractivity contribution in [2.75, 3.05) is 20.1 Å². The van der Waals surface area contributed by atoms with E-state index in [0.717, 1.165) is 17.5 Å². The van der Waals surface area contributed by atoms with Crippen LogP contribution < -0.4 is 0 Å². The highest BCUT2D eigenvalue weighted by atomic mass is 16.4. The maximum absolute atomic E-state index is 10.2. The Hall–Kier alpha value is -1.32. The quantitative estimate of drug-likeness (QED) is 0.774. The third-order valence-electron chi connectivity index (χ3n) is 3.40. The zero-order valence-corrected chi connectivity index (χ0v) is 11.8. The molecule has 104 valence electrons. The Morgan fingerprint density at radius 3 is 2.79 bits per heavy atom. The summed E-state index contributed by atoms with van der Waals surface area (Å²) >= 11 is 0. The Morgan fingerprint density at radius 2 is 2.05 bits per heavy atom. The number of rotatable bonds is 7. The average Bonchev–Trinajstić information content (AvgIpc) is 2.83. The minimum atomic E-state index is -0.556. The van der Waals surface area contributed by atoms with Crippen LogP contribution in [0.2, 0.25) is 0 Å². The van der Waals surface area contributed by atoms with Crippen LogP contribution in [-0.4, -0.2) is 30.1 Å². The van der Waals surface area contributed by atoms with Crippen molar-refractivity contribution >= 4 is 11.0 Å². The molecule has 0 radical (unpaired) electrons. The molecule has 2 aromatic rings. The van der Waals surface area contributed by atoms with Crippen LogP contribution in [0.25, 0.3) is 11.0 Å². The number of benzene rings is 1. The summed E-state index contributed by atoms with van der Waals surface area (Å²) in [5.41, 5.74) is 0.838. The molecule has 1 N–H and O–H groups in total. The number of aliphatic hydroxyl groups is 1. The molecule has 0 fully saturated rings. The summed E-state index contributed by atoms with van der Waals surface area (Å²) in [7, 11) is 2.04. The smallest absolute Gasteiger partial charge is 0.135 e. The first-order valence-electron chi connectivity index (χ1n) is 7.05. The van der Waals surface area contributed by atoms with E-state index in [1.165, 1.54) is 19.3 Å². The lowest BCUT2D eigenvalue weighted by Gasteiger charge is -2.19. The van der Waals surface area contributed by atoms with E-state index in [-0.39, 0.29) is 0 Å². The summed E-state index contributed by atoms with van der Waals surface area (Å²) in [6.45, 7) is 3.83. The van der Waals surface area contributed by atoms with Crippen LogP contribution >= 0.6 is 0 Å². The van der Waals surface area contributed by atoms with E-state index < -0.39 is 6.10 Å². The predicted molar refractivity (Wildman–Crippen MR) is 78.2 cm³/mol. The molecule has 1 aromatic carbocycles. The van der Waals surface area contributed by atoms with Gasteiger partial charge in [-0.05, 0) is 32.1 Å². The molecule has 0 amide bonds. The summed E-state index contributed by atoms with van der Waals surface area (Å²) in [5, 5.41) is 11.3. The average molecular weight is 261 g/mol. The van der Waals surface area contributed by atoms with Gasteiger partial charge in [0.15, 0.2) is 0 Å². The molecule has 2 rings (SSSR count). The second-order valence-electron chi connectivity index (χ2n) is 5.17. The highest BCUT2D eigenvalue weighted by Gasteiger charge is 2.15. The predicted octanol–water partition coefficient (Wildman–Crippen LogP) is 3.59. The normalized spacial score (nSPS) is 13.3. The molecule has 1 aromatic heterocycles. The number of aliphatic hydroxyl groups excluding tert-OH is 1. The minimum Gasteiger partial charge on any atom is -0.458 e. The van der Waals surface area contributed by atoms with Gasteiger partial charge in [-0.3, -0.25) is 0 Å². The largest absolute Gasteiger partial charge is 0.458 e. The number of furan rings is 1. The minimum absolute atomic E-state index is 0.556. The van der Waals surface area contributed by atoms with Crippen molar-refractivity contribution in [2.45, 2.75) is 32.3 Å². The lowest BCUT2D eigenvalue weighted by Crippen LogP contribution is -2.25. The summed E-state index contributed by atoms with van der Waals surface area (Å²) in [6.07, 6.45) is 3.09. The summed E-state index contributed by atoms with van der Waals surface area (Å²) in [6, 6.07) is 9.78. The molecule has 1 atom stereocenters. The number of unbranched alkanes of at least 4 members (excludes halogenated alkanes) is 2. The number of nitrogens with zero attached hydrogens (tertiary/aromatic N) is 1. The Kier molecular flexibility index (Phi) is 5.00. The fourth-order valence-corrected chi connectivity index (χ4v) is 2.27. The van der Waals surface area contributed by atoms with Gasteiger partial charge in [0, 0.05) is 11.9 Å². The molecule has 0 aliphatic rings. The molecule has 19 heavy (non-hydrogen) atoms. The number of likely N-dealkylation sites (N-methyl/N-ethyl adjacent to an activating group) is 1. The second-order valence-corrected chi connectivity index (χ2v) is 5.17. The lowest BCUT2D eigenvalue weighted by atomic mass is 10.2. The van der Waals surface area contributed by atoms with Gasteiger partial charge in [-0.25, -0.2) is 0 Å². The van der Waals surface area contributed by atoms with Crippen LogP contribution in [0.1, 0.15) is 38.1 Å². The molecule has 3 heteroatoms. The summed E-state index contributed by atoms with van der Waals surface area (Å²) < 4.78 is 5.68. The third-order valence-corrected chi connectivity index (χ3v) is 3.40. The summed E-state index contributed by atoms with van der Waals surface area (Å²) in [4.78, 5) is 2.16. The highest BCUT2D eigenvalue weighted by Crippen LogP contribution is 2.24.